The summed E-state index contributed by atoms with van der Waals surface area (Å²) < 4.78 is 0. The molecule has 0 spiro atoms. The molecule has 1 fully saturated rings. The summed E-state index contributed by atoms with van der Waals surface area (Å²) in [7, 11) is 0. The van der Waals surface area contributed by atoms with Crippen LogP contribution >= 0.6 is 0 Å². The predicted molar refractivity (Wildman–Crippen MR) is 61.0 cm³/mol. The van der Waals surface area contributed by atoms with Crippen molar-refractivity contribution in [2.45, 2.75) is 32.2 Å². The van der Waals surface area contributed by atoms with Gasteiger partial charge in [-0.3, -0.25) is 4.79 Å². The van der Waals surface area contributed by atoms with Crippen LogP contribution in [-0.4, -0.2) is 28.5 Å². The Kier molecular flexibility index (Phi) is 3.34. The predicted octanol–water partition coefficient (Wildman–Crippen LogP) is 0.866. The summed E-state index contributed by atoms with van der Waals surface area (Å²) in [5.41, 5.74) is 1.03. The number of aryl methyl sites for hydroxylation is 1. The molecular weight excluding hydrogens is 204 g/mol. The molecule has 0 radical (unpaired) electrons. The maximum Gasteiger partial charge on any atom is 0.222 e. The SMILES string of the molecule is Cc1cnc(NCCC(=O)NC2CC2)nc1. The lowest BCUT2D eigenvalue weighted by molar-refractivity contribution is -0.120. The molecule has 2 N–H and O–H groups in total. The van der Waals surface area contributed by atoms with Crippen molar-refractivity contribution in [1.82, 2.24) is 15.3 Å². The van der Waals surface area contributed by atoms with Crippen LogP contribution in [0.1, 0.15) is 24.8 Å². The van der Waals surface area contributed by atoms with E-state index in [0.717, 1.165) is 18.4 Å². The third-order valence-electron chi connectivity index (χ3n) is 2.36. The van der Waals surface area contributed by atoms with Gasteiger partial charge in [-0.1, -0.05) is 0 Å². The Balaban J connectivity index is 1.66. The van der Waals surface area contributed by atoms with E-state index < -0.39 is 0 Å². The average molecular weight is 220 g/mol. The number of hydrogen-bond donors (Lipinski definition) is 2. The molecular formula is C11H16N4O. The zero-order chi connectivity index (χ0) is 11.4. The Morgan fingerprint density at radius 2 is 2.12 bits per heavy atom. The third kappa shape index (κ3) is 3.49. The Bertz CT molecular complexity index is 359. The molecule has 1 heterocycles. The molecule has 0 unspecified atom stereocenters. The van der Waals surface area contributed by atoms with Crippen molar-refractivity contribution >= 4 is 11.9 Å². The van der Waals surface area contributed by atoms with Crippen LogP contribution in [0.2, 0.25) is 0 Å². The second-order valence-electron chi connectivity index (χ2n) is 4.10. The van der Waals surface area contributed by atoms with E-state index in [9.17, 15) is 4.79 Å². The molecule has 1 aliphatic carbocycles. The lowest BCUT2D eigenvalue weighted by atomic mass is 10.4. The van der Waals surface area contributed by atoms with Crippen molar-refractivity contribution in [3.63, 3.8) is 0 Å². The number of nitrogens with one attached hydrogen (secondary N) is 2. The summed E-state index contributed by atoms with van der Waals surface area (Å²) in [5.74, 6) is 0.673. The zero-order valence-corrected chi connectivity index (χ0v) is 9.36. The third-order valence-corrected chi connectivity index (χ3v) is 2.36. The van der Waals surface area contributed by atoms with Crippen LogP contribution in [0.5, 0.6) is 0 Å². The van der Waals surface area contributed by atoms with Crippen LogP contribution in [0, 0.1) is 6.92 Å². The fraction of sp³-hybridized carbons (Fsp3) is 0.545. The van der Waals surface area contributed by atoms with Gasteiger partial charge in [0.25, 0.3) is 0 Å². The second kappa shape index (κ2) is 4.92. The van der Waals surface area contributed by atoms with Gasteiger partial charge in [0.1, 0.15) is 0 Å². The first-order valence-electron chi connectivity index (χ1n) is 5.56. The Morgan fingerprint density at radius 3 is 2.75 bits per heavy atom. The van der Waals surface area contributed by atoms with Crippen molar-refractivity contribution in [1.29, 1.82) is 0 Å². The molecule has 0 aliphatic heterocycles. The zero-order valence-electron chi connectivity index (χ0n) is 9.36. The number of nitrogens with zero attached hydrogens (tertiary/aromatic N) is 2. The fourth-order valence-corrected chi connectivity index (χ4v) is 1.30. The van der Waals surface area contributed by atoms with Gasteiger partial charge in [0.2, 0.25) is 11.9 Å². The van der Waals surface area contributed by atoms with E-state index in [4.69, 9.17) is 0 Å². The first-order chi connectivity index (χ1) is 7.74. The summed E-state index contributed by atoms with van der Waals surface area (Å²) in [4.78, 5) is 19.5. The van der Waals surface area contributed by atoms with E-state index in [1.807, 2.05) is 6.92 Å². The van der Waals surface area contributed by atoms with E-state index in [1.165, 1.54) is 0 Å². The van der Waals surface area contributed by atoms with Crippen molar-refractivity contribution < 1.29 is 4.79 Å². The van der Waals surface area contributed by atoms with E-state index in [1.54, 1.807) is 12.4 Å². The molecule has 1 saturated carbocycles. The van der Waals surface area contributed by atoms with Crippen molar-refractivity contribution in [2.75, 3.05) is 11.9 Å². The minimum atomic E-state index is 0.0992. The molecule has 16 heavy (non-hydrogen) atoms. The minimum Gasteiger partial charge on any atom is -0.354 e. The van der Waals surface area contributed by atoms with Crippen LogP contribution in [0.15, 0.2) is 12.4 Å². The van der Waals surface area contributed by atoms with Gasteiger partial charge in [0.15, 0.2) is 0 Å². The quantitative estimate of drug-likeness (QED) is 0.772. The number of aromatic nitrogens is 2. The lowest BCUT2D eigenvalue weighted by Gasteiger charge is -2.05. The Labute approximate surface area is 94.7 Å². The topological polar surface area (TPSA) is 66.9 Å². The molecule has 1 aromatic rings. The number of anilines is 1. The average Bonchev–Trinajstić information content (AvgIpc) is 3.05. The van der Waals surface area contributed by atoms with Crippen molar-refractivity contribution in [2.24, 2.45) is 0 Å². The molecule has 86 valence electrons. The number of rotatable bonds is 5. The van der Waals surface area contributed by atoms with E-state index >= 15 is 0 Å². The molecule has 1 aromatic heterocycles. The Hall–Kier alpha value is -1.65. The number of carbonyl (C=O) groups excluding carboxylic acids is 1. The molecule has 0 atom stereocenters. The summed E-state index contributed by atoms with van der Waals surface area (Å²) in [5, 5.41) is 5.94. The fourth-order valence-electron chi connectivity index (χ4n) is 1.30. The van der Waals surface area contributed by atoms with Gasteiger partial charge in [-0.15, -0.1) is 0 Å². The molecule has 0 aromatic carbocycles. The van der Waals surface area contributed by atoms with Gasteiger partial charge >= 0.3 is 0 Å². The second-order valence-corrected chi connectivity index (χ2v) is 4.10. The molecule has 0 saturated heterocycles. The molecule has 1 aliphatic rings. The van der Waals surface area contributed by atoms with Crippen molar-refractivity contribution in [3.8, 4) is 0 Å². The highest BCUT2D eigenvalue weighted by Gasteiger charge is 2.22. The van der Waals surface area contributed by atoms with E-state index in [0.29, 0.717) is 25.0 Å². The largest absolute Gasteiger partial charge is 0.354 e. The monoisotopic (exact) mass is 220 g/mol. The van der Waals surface area contributed by atoms with Crippen LogP contribution in [0.3, 0.4) is 0 Å². The number of amides is 1. The van der Waals surface area contributed by atoms with Gasteiger partial charge in [0, 0.05) is 31.4 Å². The first kappa shape index (κ1) is 10.9. The normalized spacial score (nSPS) is 14.6. The standard InChI is InChI=1S/C11H16N4O/c1-8-6-13-11(14-7-8)12-5-4-10(16)15-9-2-3-9/h6-7,9H,2-5H2,1H3,(H,15,16)(H,12,13,14). The summed E-state index contributed by atoms with van der Waals surface area (Å²) in [6.07, 6.45) is 6.22. The van der Waals surface area contributed by atoms with Gasteiger partial charge in [-0.2, -0.15) is 0 Å². The van der Waals surface area contributed by atoms with Crippen LogP contribution < -0.4 is 10.6 Å². The molecule has 5 heteroatoms. The highest BCUT2D eigenvalue weighted by atomic mass is 16.1. The highest BCUT2D eigenvalue weighted by Crippen LogP contribution is 2.18. The van der Waals surface area contributed by atoms with Crippen LogP contribution in [0.25, 0.3) is 0 Å². The maximum atomic E-state index is 11.3. The Morgan fingerprint density at radius 1 is 1.44 bits per heavy atom. The van der Waals surface area contributed by atoms with Gasteiger partial charge in [-0.25, -0.2) is 9.97 Å². The molecule has 2 rings (SSSR count). The van der Waals surface area contributed by atoms with E-state index in [-0.39, 0.29) is 5.91 Å². The first-order valence-corrected chi connectivity index (χ1v) is 5.56. The molecule has 1 amide bonds. The summed E-state index contributed by atoms with van der Waals surface area (Å²) in [6, 6.07) is 0.433. The van der Waals surface area contributed by atoms with Gasteiger partial charge < -0.3 is 10.6 Å². The summed E-state index contributed by atoms with van der Waals surface area (Å²) in [6.45, 7) is 2.51. The maximum absolute atomic E-state index is 11.3. The van der Waals surface area contributed by atoms with E-state index in [2.05, 4.69) is 20.6 Å². The molecule has 0 bridgehead atoms. The molecule has 5 nitrogen and oxygen atoms in total. The summed E-state index contributed by atoms with van der Waals surface area (Å²) >= 11 is 0. The van der Waals surface area contributed by atoms with Gasteiger partial charge in [-0.05, 0) is 25.3 Å². The van der Waals surface area contributed by atoms with Crippen LogP contribution in [-0.2, 0) is 4.79 Å². The number of carbonyl (C=O) groups is 1. The lowest BCUT2D eigenvalue weighted by Crippen LogP contribution is -2.27. The smallest absolute Gasteiger partial charge is 0.222 e. The van der Waals surface area contributed by atoms with Crippen LogP contribution in [0.4, 0.5) is 5.95 Å². The number of hydrogen-bond acceptors (Lipinski definition) is 4. The van der Waals surface area contributed by atoms with Gasteiger partial charge in [0.05, 0.1) is 0 Å². The highest BCUT2D eigenvalue weighted by molar-refractivity contribution is 5.77. The van der Waals surface area contributed by atoms with Crippen molar-refractivity contribution in [3.05, 3.63) is 18.0 Å². The minimum absolute atomic E-state index is 0.0992.